The molecule has 4 aliphatic rings. The van der Waals surface area contributed by atoms with Gasteiger partial charge in [0.05, 0.1) is 6.10 Å². The number of aryl methyl sites for hydroxylation is 2. The van der Waals surface area contributed by atoms with Gasteiger partial charge < -0.3 is 5.11 Å². The van der Waals surface area contributed by atoms with Crippen LogP contribution in [0.4, 0.5) is 0 Å². The predicted octanol–water partition coefficient (Wildman–Crippen LogP) is 4.41. The van der Waals surface area contributed by atoms with Gasteiger partial charge in [0.2, 0.25) is 0 Å². The van der Waals surface area contributed by atoms with Crippen molar-refractivity contribution in [3.05, 3.63) is 34.9 Å². The molecule has 5 rings (SSSR count). The van der Waals surface area contributed by atoms with Gasteiger partial charge in [0.1, 0.15) is 0 Å². The fourth-order valence-corrected chi connectivity index (χ4v) is 5.77. The van der Waals surface area contributed by atoms with Gasteiger partial charge in [-0.25, -0.2) is 0 Å². The molecular formula is C19H26O. The Kier molecular flexibility index (Phi) is 2.96. The topological polar surface area (TPSA) is 20.2 Å². The number of benzene rings is 1. The van der Waals surface area contributed by atoms with Crippen molar-refractivity contribution in [1.29, 1.82) is 0 Å². The first-order valence-electron chi connectivity index (χ1n) is 8.37. The molecule has 4 aliphatic carbocycles. The Labute approximate surface area is 122 Å². The van der Waals surface area contributed by atoms with Crippen molar-refractivity contribution >= 4 is 0 Å². The van der Waals surface area contributed by atoms with E-state index in [1.165, 1.54) is 48.8 Å². The second kappa shape index (κ2) is 4.59. The standard InChI is InChI=1S/C19H26O/c1-11-3-4-12(2)17(5-11)19(20)18-15-7-13-6-14(9-15)10-16(18)8-13/h3-5,13-16,18-20H,6-10H2,1-2H3. The molecule has 4 bridgehead atoms. The number of aliphatic hydroxyl groups excluding tert-OH is 1. The zero-order chi connectivity index (χ0) is 13.9. The highest BCUT2D eigenvalue weighted by Crippen LogP contribution is 2.59. The van der Waals surface area contributed by atoms with E-state index >= 15 is 0 Å². The summed E-state index contributed by atoms with van der Waals surface area (Å²) in [5, 5.41) is 11.1. The average Bonchev–Trinajstić information content (AvgIpc) is 2.40. The fraction of sp³-hybridized carbons (Fsp3) is 0.684. The van der Waals surface area contributed by atoms with Crippen LogP contribution < -0.4 is 0 Å². The molecule has 0 saturated heterocycles. The van der Waals surface area contributed by atoms with Crippen molar-refractivity contribution in [3.63, 3.8) is 0 Å². The number of hydrogen-bond donors (Lipinski definition) is 1. The maximum atomic E-state index is 11.1. The maximum absolute atomic E-state index is 11.1. The Morgan fingerprint density at radius 1 is 0.950 bits per heavy atom. The summed E-state index contributed by atoms with van der Waals surface area (Å²) in [4.78, 5) is 0. The van der Waals surface area contributed by atoms with Crippen LogP contribution in [0.25, 0.3) is 0 Å². The highest BCUT2D eigenvalue weighted by atomic mass is 16.3. The molecule has 1 aromatic rings. The molecule has 20 heavy (non-hydrogen) atoms. The highest BCUT2D eigenvalue weighted by molar-refractivity contribution is 5.33. The van der Waals surface area contributed by atoms with Crippen LogP contribution in [0.15, 0.2) is 18.2 Å². The number of aliphatic hydroxyl groups is 1. The minimum absolute atomic E-state index is 0.232. The van der Waals surface area contributed by atoms with Crippen molar-refractivity contribution in [2.45, 2.75) is 52.1 Å². The molecule has 0 spiro atoms. The summed E-state index contributed by atoms with van der Waals surface area (Å²) in [6, 6.07) is 6.54. The van der Waals surface area contributed by atoms with Crippen LogP contribution in [0.1, 0.15) is 54.9 Å². The Balaban J connectivity index is 1.65. The molecular weight excluding hydrogens is 244 g/mol. The molecule has 1 N–H and O–H groups in total. The van der Waals surface area contributed by atoms with Crippen LogP contribution in [-0.4, -0.2) is 5.11 Å². The third-order valence-corrected chi connectivity index (χ3v) is 6.42. The molecule has 1 atom stereocenters. The molecule has 1 nitrogen and oxygen atoms in total. The first kappa shape index (κ1) is 12.9. The third kappa shape index (κ3) is 1.94. The molecule has 0 aliphatic heterocycles. The van der Waals surface area contributed by atoms with E-state index < -0.39 is 0 Å². The predicted molar refractivity (Wildman–Crippen MR) is 81.4 cm³/mol. The van der Waals surface area contributed by atoms with Crippen molar-refractivity contribution in [3.8, 4) is 0 Å². The molecule has 1 aromatic carbocycles. The smallest absolute Gasteiger partial charge is 0.0826 e. The van der Waals surface area contributed by atoms with Crippen LogP contribution in [-0.2, 0) is 0 Å². The van der Waals surface area contributed by atoms with Gasteiger partial charge in [0.15, 0.2) is 0 Å². The molecule has 0 radical (unpaired) electrons. The maximum Gasteiger partial charge on any atom is 0.0826 e. The number of hydrogen-bond acceptors (Lipinski definition) is 1. The van der Waals surface area contributed by atoms with Crippen LogP contribution in [0.3, 0.4) is 0 Å². The lowest BCUT2D eigenvalue weighted by Gasteiger charge is -2.55. The van der Waals surface area contributed by atoms with Gasteiger partial charge in [-0.3, -0.25) is 0 Å². The number of rotatable bonds is 2. The largest absolute Gasteiger partial charge is 0.388 e. The average molecular weight is 270 g/mol. The molecule has 0 aromatic heterocycles. The zero-order valence-corrected chi connectivity index (χ0v) is 12.7. The van der Waals surface area contributed by atoms with Gasteiger partial charge in [-0.05, 0) is 86.7 Å². The van der Waals surface area contributed by atoms with E-state index in [0.717, 1.165) is 23.7 Å². The van der Waals surface area contributed by atoms with E-state index in [9.17, 15) is 5.11 Å². The summed E-state index contributed by atoms with van der Waals surface area (Å²) >= 11 is 0. The monoisotopic (exact) mass is 270 g/mol. The molecule has 1 heteroatoms. The fourth-order valence-electron chi connectivity index (χ4n) is 5.77. The summed E-state index contributed by atoms with van der Waals surface area (Å²) in [6.45, 7) is 4.28. The molecule has 0 amide bonds. The second-order valence-electron chi connectivity index (χ2n) is 7.81. The van der Waals surface area contributed by atoms with Gasteiger partial charge in [0.25, 0.3) is 0 Å². The Morgan fingerprint density at radius 3 is 2.15 bits per heavy atom. The van der Waals surface area contributed by atoms with E-state index in [2.05, 4.69) is 32.0 Å². The van der Waals surface area contributed by atoms with Gasteiger partial charge in [-0.1, -0.05) is 23.8 Å². The van der Waals surface area contributed by atoms with Crippen molar-refractivity contribution in [2.24, 2.45) is 29.6 Å². The third-order valence-electron chi connectivity index (χ3n) is 6.42. The van der Waals surface area contributed by atoms with Gasteiger partial charge >= 0.3 is 0 Å². The lowest BCUT2D eigenvalue weighted by molar-refractivity contribution is -0.0909. The Bertz CT molecular complexity index is 490. The summed E-state index contributed by atoms with van der Waals surface area (Å²) in [6.07, 6.45) is 6.81. The minimum atomic E-state index is -0.232. The van der Waals surface area contributed by atoms with E-state index in [1.807, 2.05) is 0 Å². The second-order valence-corrected chi connectivity index (χ2v) is 7.81. The lowest BCUT2D eigenvalue weighted by atomic mass is 9.50. The molecule has 4 saturated carbocycles. The van der Waals surface area contributed by atoms with Gasteiger partial charge in [0, 0.05) is 0 Å². The first-order valence-corrected chi connectivity index (χ1v) is 8.37. The van der Waals surface area contributed by atoms with E-state index in [4.69, 9.17) is 0 Å². The van der Waals surface area contributed by atoms with E-state index in [1.54, 1.807) is 0 Å². The Hall–Kier alpha value is -0.820. The zero-order valence-electron chi connectivity index (χ0n) is 12.7. The summed E-state index contributed by atoms with van der Waals surface area (Å²) in [5.41, 5.74) is 3.73. The molecule has 4 fully saturated rings. The molecule has 1 unspecified atom stereocenters. The van der Waals surface area contributed by atoms with E-state index in [-0.39, 0.29) is 6.10 Å². The van der Waals surface area contributed by atoms with Gasteiger partial charge in [-0.2, -0.15) is 0 Å². The van der Waals surface area contributed by atoms with Crippen molar-refractivity contribution < 1.29 is 5.11 Å². The summed E-state index contributed by atoms with van der Waals surface area (Å²) < 4.78 is 0. The van der Waals surface area contributed by atoms with Crippen LogP contribution in [0, 0.1) is 43.4 Å². The highest BCUT2D eigenvalue weighted by Gasteiger charge is 2.50. The Morgan fingerprint density at radius 2 is 1.55 bits per heavy atom. The normalized spacial score (nSPS) is 40.0. The SMILES string of the molecule is Cc1ccc(C)c(C(O)C2C3CC4CC(C3)CC2C4)c1. The van der Waals surface area contributed by atoms with Crippen LogP contribution in [0.5, 0.6) is 0 Å². The molecule has 0 heterocycles. The van der Waals surface area contributed by atoms with E-state index in [0.29, 0.717) is 5.92 Å². The quantitative estimate of drug-likeness (QED) is 0.844. The van der Waals surface area contributed by atoms with Crippen LogP contribution in [0.2, 0.25) is 0 Å². The van der Waals surface area contributed by atoms with Crippen molar-refractivity contribution in [2.75, 3.05) is 0 Å². The lowest BCUT2D eigenvalue weighted by Crippen LogP contribution is -2.47. The first-order chi connectivity index (χ1) is 9.61. The minimum Gasteiger partial charge on any atom is -0.388 e. The molecule has 108 valence electrons. The van der Waals surface area contributed by atoms with Crippen molar-refractivity contribution in [1.82, 2.24) is 0 Å². The van der Waals surface area contributed by atoms with Gasteiger partial charge in [-0.15, -0.1) is 0 Å². The summed E-state index contributed by atoms with van der Waals surface area (Å²) in [5.74, 6) is 4.09. The summed E-state index contributed by atoms with van der Waals surface area (Å²) in [7, 11) is 0. The van der Waals surface area contributed by atoms with Crippen LogP contribution >= 0.6 is 0 Å².